The van der Waals surface area contributed by atoms with E-state index in [-0.39, 0.29) is 17.9 Å². The van der Waals surface area contributed by atoms with Gasteiger partial charge in [0.05, 0.1) is 23.8 Å². The Bertz CT molecular complexity index is 499. The summed E-state index contributed by atoms with van der Waals surface area (Å²) in [6, 6.07) is 4.49. The lowest BCUT2D eigenvalue weighted by Gasteiger charge is -2.21. The molecule has 0 aliphatic carbocycles. The van der Waals surface area contributed by atoms with E-state index in [1.54, 1.807) is 25.1 Å². The molecule has 5 nitrogen and oxygen atoms in total. The van der Waals surface area contributed by atoms with Crippen molar-refractivity contribution in [3.05, 3.63) is 29.3 Å². The number of fused-ring (bicyclic) bond motifs is 1. The Morgan fingerprint density at radius 3 is 2.61 bits per heavy atom. The number of rotatable bonds is 4. The molecule has 2 N–H and O–H groups in total. The van der Waals surface area contributed by atoms with Crippen LogP contribution in [0.4, 0.5) is 5.69 Å². The lowest BCUT2D eigenvalue weighted by atomic mass is 10.1. The Morgan fingerprint density at radius 2 is 1.94 bits per heavy atom. The van der Waals surface area contributed by atoms with E-state index in [1.165, 1.54) is 4.90 Å². The molecule has 5 heteroatoms. The molecule has 1 atom stereocenters. The number of nitrogen functional groups attached to an aromatic ring is 1. The van der Waals surface area contributed by atoms with E-state index >= 15 is 0 Å². The second-order valence-corrected chi connectivity index (χ2v) is 4.29. The fraction of sp³-hybridized carbons (Fsp3) is 0.385. The van der Waals surface area contributed by atoms with Crippen LogP contribution < -0.4 is 5.73 Å². The Balaban J connectivity index is 2.28. The quantitative estimate of drug-likeness (QED) is 0.643. The van der Waals surface area contributed by atoms with E-state index in [4.69, 9.17) is 10.5 Å². The van der Waals surface area contributed by atoms with Crippen molar-refractivity contribution in [3.63, 3.8) is 0 Å². The fourth-order valence-electron chi connectivity index (χ4n) is 2.04. The average molecular weight is 248 g/mol. The summed E-state index contributed by atoms with van der Waals surface area (Å²) in [5.74, 6) is -0.572. The van der Waals surface area contributed by atoms with Crippen LogP contribution in [0.5, 0.6) is 0 Å². The molecule has 2 amide bonds. The summed E-state index contributed by atoms with van der Waals surface area (Å²) >= 11 is 0. The van der Waals surface area contributed by atoms with Crippen molar-refractivity contribution >= 4 is 17.5 Å². The van der Waals surface area contributed by atoms with Gasteiger partial charge in [-0.1, -0.05) is 0 Å². The maximum Gasteiger partial charge on any atom is 0.261 e. The number of hydrogen-bond acceptors (Lipinski definition) is 4. The summed E-state index contributed by atoms with van der Waals surface area (Å²) in [7, 11) is 0. The van der Waals surface area contributed by atoms with Crippen molar-refractivity contribution in [2.75, 3.05) is 18.9 Å². The normalized spacial score (nSPS) is 16.0. The van der Waals surface area contributed by atoms with Crippen LogP contribution in [0.2, 0.25) is 0 Å². The number of ether oxygens (including phenoxy) is 1. The largest absolute Gasteiger partial charge is 0.399 e. The van der Waals surface area contributed by atoms with Gasteiger partial charge in [0.15, 0.2) is 0 Å². The molecule has 2 rings (SSSR count). The summed E-state index contributed by atoms with van der Waals surface area (Å²) < 4.78 is 5.26. The first-order valence-electron chi connectivity index (χ1n) is 5.91. The number of imide groups is 1. The summed E-state index contributed by atoms with van der Waals surface area (Å²) in [5.41, 5.74) is 6.91. The fourth-order valence-corrected chi connectivity index (χ4v) is 2.04. The zero-order chi connectivity index (χ0) is 13.3. The van der Waals surface area contributed by atoms with Crippen LogP contribution in [-0.4, -0.2) is 36.0 Å². The van der Waals surface area contributed by atoms with E-state index in [1.807, 2.05) is 6.92 Å². The molecule has 1 aromatic carbocycles. The van der Waals surface area contributed by atoms with Crippen molar-refractivity contribution < 1.29 is 14.3 Å². The number of benzene rings is 1. The van der Waals surface area contributed by atoms with Gasteiger partial charge >= 0.3 is 0 Å². The Kier molecular flexibility index (Phi) is 3.34. The number of nitrogens with two attached hydrogens (primary N) is 1. The van der Waals surface area contributed by atoms with Gasteiger partial charge in [0.2, 0.25) is 0 Å². The van der Waals surface area contributed by atoms with Crippen molar-refractivity contribution in [2.24, 2.45) is 0 Å². The monoisotopic (exact) mass is 248 g/mol. The number of amides is 2. The molecule has 0 bridgehead atoms. The highest BCUT2D eigenvalue weighted by molar-refractivity contribution is 6.21. The maximum atomic E-state index is 12.2. The molecule has 0 saturated carbocycles. The Labute approximate surface area is 106 Å². The highest BCUT2D eigenvalue weighted by Crippen LogP contribution is 2.26. The van der Waals surface area contributed by atoms with Crippen molar-refractivity contribution in [1.29, 1.82) is 0 Å². The standard InChI is InChI=1S/C13H16N2O3/c1-3-18-7-8(2)15-12(16)10-5-4-9(14)6-11(10)13(15)17/h4-6,8H,3,7,14H2,1-2H3. The third-order valence-corrected chi connectivity index (χ3v) is 2.95. The van der Waals surface area contributed by atoms with Gasteiger partial charge in [0, 0.05) is 12.3 Å². The lowest BCUT2D eigenvalue weighted by Crippen LogP contribution is -2.40. The minimum atomic E-state index is -0.297. The molecule has 1 unspecified atom stereocenters. The van der Waals surface area contributed by atoms with Gasteiger partial charge in [-0.2, -0.15) is 0 Å². The molecule has 96 valence electrons. The molecular weight excluding hydrogens is 232 g/mol. The van der Waals surface area contributed by atoms with E-state index in [0.29, 0.717) is 30.0 Å². The minimum absolute atomic E-state index is 0.276. The molecule has 1 aliphatic rings. The zero-order valence-electron chi connectivity index (χ0n) is 10.5. The number of carbonyl (C=O) groups excluding carboxylic acids is 2. The van der Waals surface area contributed by atoms with Crippen LogP contribution in [0.15, 0.2) is 18.2 Å². The predicted octanol–water partition coefficient (Wildman–Crippen LogP) is 1.29. The molecular formula is C13H16N2O3. The van der Waals surface area contributed by atoms with Gasteiger partial charge < -0.3 is 10.5 Å². The molecule has 0 saturated heterocycles. The summed E-state index contributed by atoms with van der Waals surface area (Å²) in [6.07, 6.45) is 0. The minimum Gasteiger partial charge on any atom is -0.399 e. The Morgan fingerprint density at radius 1 is 1.28 bits per heavy atom. The summed E-state index contributed by atoms with van der Waals surface area (Å²) in [5, 5.41) is 0. The number of carbonyl (C=O) groups is 2. The molecule has 0 aromatic heterocycles. The van der Waals surface area contributed by atoms with Crippen LogP contribution in [-0.2, 0) is 4.74 Å². The van der Waals surface area contributed by atoms with Crippen LogP contribution >= 0.6 is 0 Å². The number of nitrogens with zero attached hydrogens (tertiary/aromatic N) is 1. The molecule has 18 heavy (non-hydrogen) atoms. The van der Waals surface area contributed by atoms with Crippen LogP contribution in [0.25, 0.3) is 0 Å². The molecule has 0 spiro atoms. The topological polar surface area (TPSA) is 72.6 Å². The predicted molar refractivity (Wildman–Crippen MR) is 67.3 cm³/mol. The van der Waals surface area contributed by atoms with Gasteiger partial charge in [0.25, 0.3) is 11.8 Å². The van der Waals surface area contributed by atoms with Gasteiger partial charge in [-0.3, -0.25) is 14.5 Å². The number of anilines is 1. The van der Waals surface area contributed by atoms with E-state index in [0.717, 1.165) is 0 Å². The molecule has 0 radical (unpaired) electrons. The van der Waals surface area contributed by atoms with Crippen LogP contribution in [0.3, 0.4) is 0 Å². The molecule has 1 aromatic rings. The van der Waals surface area contributed by atoms with Gasteiger partial charge in [0.1, 0.15) is 0 Å². The smallest absolute Gasteiger partial charge is 0.261 e. The first-order valence-corrected chi connectivity index (χ1v) is 5.91. The molecule has 0 fully saturated rings. The third-order valence-electron chi connectivity index (χ3n) is 2.95. The van der Waals surface area contributed by atoms with E-state index < -0.39 is 0 Å². The van der Waals surface area contributed by atoms with E-state index in [2.05, 4.69) is 0 Å². The van der Waals surface area contributed by atoms with Gasteiger partial charge in [-0.15, -0.1) is 0 Å². The van der Waals surface area contributed by atoms with Gasteiger partial charge in [-0.25, -0.2) is 0 Å². The van der Waals surface area contributed by atoms with Crippen molar-refractivity contribution in [3.8, 4) is 0 Å². The highest BCUT2D eigenvalue weighted by Gasteiger charge is 2.38. The molecule has 1 aliphatic heterocycles. The van der Waals surface area contributed by atoms with Crippen molar-refractivity contribution in [2.45, 2.75) is 19.9 Å². The Hall–Kier alpha value is -1.88. The number of hydrogen-bond donors (Lipinski definition) is 1. The summed E-state index contributed by atoms with van der Waals surface area (Å²) in [6.45, 7) is 4.56. The maximum absolute atomic E-state index is 12.2. The SMILES string of the molecule is CCOCC(C)N1C(=O)c2ccc(N)cc2C1=O. The van der Waals surface area contributed by atoms with Crippen molar-refractivity contribution in [1.82, 2.24) is 4.90 Å². The summed E-state index contributed by atoms with van der Waals surface area (Å²) in [4.78, 5) is 25.5. The highest BCUT2D eigenvalue weighted by atomic mass is 16.5. The van der Waals surface area contributed by atoms with Crippen LogP contribution in [0.1, 0.15) is 34.6 Å². The third kappa shape index (κ3) is 1.97. The average Bonchev–Trinajstić information content (AvgIpc) is 2.59. The van der Waals surface area contributed by atoms with Crippen LogP contribution in [0, 0.1) is 0 Å². The second-order valence-electron chi connectivity index (χ2n) is 4.29. The molecule has 1 heterocycles. The first kappa shape index (κ1) is 12.6. The second kappa shape index (κ2) is 4.78. The van der Waals surface area contributed by atoms with E-state index in [9.17, 15) is 9.59 Å². The lowest BCUT2D eigenvalue weighted by molar-refractivity contribution is 0.0446. The zero-order valence-corrected chi connectivity index (χ0v) is 10.5. The van der Waals surface area contributed by atoms with Gasteiger partial charge in [-0.05, 0) is 32.0 Å². The first-order chi connectivity index (χ1) is 8.56.